The summed E-state index contributed by atoms with van der Waals surface area (Å²) >= 11 is 0. The number of benzene rings is 3. The molecule has 0 aliphatic carbocycles. The summed E-state index contributed by atoms with van der Waals surface area (Å²) in [5, 5.41) is 24.1. The number of nitrogens with zero attached hydrogens (tertiary/aromatic N) is 2. The standard InChI is InChI=1S/C24H18N4O4/c1-31-23(29)19-11-22(28-18-9-5-16(14-26)6-10-18)20(24(30)32-2)12-21(19)27-17-7-3-15(13-25)4-8-17/h3-12,27-28H,1-2H3. The van der Waals surface area contributed by atoms with Crippen molar-refractivity contribution in [2.24, 2.45) is 0 Å². The van der Waals surface area contributed by atoms with Gasteiger partial charge in [0.25, 0.3) is 0 Å². The molecule has 3 aromatic carbocycles. The summed E-state index contributed by atoms with van der Waals surface area (Å²) in [5.41, 5.74) is 3.21. The molecule has 0 saturated heterocycles. The van der Waals surface area contributed by atoms with E-state index in [1.807, 2.05) is 12.1 Å². The van der Waals surface area contributed by atoms with E-state index in [1.54, 1.807) is 48.5 Å². The number of carbonyl (C=O) groups excluding carboxylic acids is 2. The molecule has 0 aromatic heterocycles. The Bertz CT molecular complexity index is 1140. The first kappa shape index (κ1) is 21.9. The predicted molar refractivity (Wildman–Crippen MR) is 118 cm³/mol. The highest BCUT2D eigenvalue weighted by Gasteiger charge is 2.21. The zero-order chi connectivity index (χ0) is 23.1. The number of ether oxygens (including phenoxy) is 2. The zero-order valence-electron chi connectivity index (χ0n) is 17.3. The average molecular weight is 426 g/mol. The molecule has 3 aromatic rings. The van der Waals surface area contributed by atoms with E-state index in [1.165, 1.54) is 26.4 Å². The number of hydrogen-bond acceptors (Lipinski definition) is 8. The largest absolute Gasteiger partial charge is 0.465 e. The fourth-order valence-corrected chi connectivity index (χ4v) is 2.93. The third-order valence-corrected chi connectivity index (χ3v) is 4.55. The second-order valence-electron chi connectivity index (χ2n) is 6.55. The zero-order valence-corrected chi connectivity index (χ0v) is 17.3. The Labute approximate surface area is 184 Å². The SMILES string of the molecule is COC(=O)c1cc(Nc2ccc(C#N)cc2)c(C(=O)OC)cc1Nc1ccc(C#N)cc1. The second kappa shape index (κ2) is 9.79. The van der Waals surface area contributed by atoms with E-state index < -0.39 is 11.9 Å². The lowest BCUT2D eigenvalue weighted by atomic mass is 10.0. The number of rotatable bonds is 6. The number of esters is 2. The molecule has 32 heavy (non-hydrogen) atoms. The van der Waals surface area contributed by atoms with Gasteiger partial charge in [-0.15, -0.1) is 0 Å². The van der Waals surface area contributed by atoms with Gasteiger partial charge in [0.05, 0.1) is 60.0 Å². The van der Waals surface area contributed by atoms with Gasteiger partial charge < -0.3 is 20.1 Å². The Balaban J connectivity index is 2.07. The number of carbonyl (C=O) groups is 2. The molecule has 0 saturated carbocycles. The molecular formula is C24H18N4O4. The van der Waals surface area contributed by atoms with Crippen molar-refractivity contribution in [3.05, 3.63) is 82.9 Å². The van der Waals surface area contributed by atoms with Gasteiger partial charge in [0.2, 0.25) is 0 Å². The number of anilines is 4. The summed E-state index contributed by atoms with van der Waals surface area (Å²) in [7, 11) is 2.52. The number of nitriles is 2. The van der Waals surface area contributed by atoms with Gasteiger partial charge in [-0.1, -0.05) is 0 Å². The first-order valence-corrected chi connectivity index (χ1v) is 9.38. The van der Waals surface area contributed by atoms with Gasteiger partial charge in [-0.3, -0.25) is 0 Å². The fraction of sp³-hybridized carbons (Fsp3) is 0.0833. The summed E-state index contributed by atoms with van der Waals surface area (Å²) in [6, 6.07) is 20.3. The molecule has 0 unspecified atom stereocenters. The van der Waals surface area contributed by atoms with Crippen molar-refractivity contribution in [3.63, 3.8) is 0 Å². The maximum Gasteiger partial charge on any atom is 0.340 e. The lowest BCUT2D eigenvalue weighted by Gasteiger charge is -2.17. The average Bonchev–Trinajstić information content (AvgIpc) is 2.84. The predicted octanol–water partition coefficient (Wildman–Crippen LogP) is 4.49. The number of hydrogen-bond donors (Lipinski definition) is 2. The monoisotopic (exact) mass is 426 g/mol. The van der Waals surface area contributed by atoms with Crippen LogP contribution in [0.4, 0.5) is 22.7 Å². The number of methoxy groups -OCH3 is 2. The molecule has 0 spiro atoms. The van der Waals surface area contributed by atoms with Crippen molar-refractivity contribution >= 4 is 34.7 Å². The lowest BCUT2D eigenvalue weighted by Crippen LogP contribution is -2.12. The van der Waals surface area contributed by atoms with Gasteiger partial charge in [0, 0.05) is 11.4 Å². The fourth-order valence-electron chi connectivity index (χ4n) is 2.93. The highest BCUT2D eigenvalue weighted by molar-refractivity contribution is 6.04. The van der Waals surface area contributed by atoms with Crippen LogP contribution in [0.1, 0.15) is 31.8 Å². The van der Waals surface area contributed by atoms with Crippen LogP contribution in [-0.4, -0.2) is 26.2 Å². The van der Waals surface area contributed by atoms with Gasteiger partial charge in [-0.2, -0.15) is 10.5 Å². The van der Waals surface area contributed by atoms with Crippen LogP contribution in [0.3, 0.4) is 0 Å². The van der Waals surface area contributed by atoms with E-state index in [0.717, 1.165) is 0 Å². The highest BCUT2D eigenvalue weighted by atomic mass is 16.5. The minimum atomic E-state index is -0.611. The van der Waals surface area contributed by atoms with E-state index in [9.17, 15) is 9.59 Å². The van der Waals surface area contributed by atoms with Crippen molar-refractivity contribution in [2.45, 2.75) is 0 Å². The van der Waals surface area contributed by atoms with Crippen molar-refractivity contribution < 1.29 is 19.1 Å². The topological polar surface area (TPSA) is 124 Å². The van der Waals surface area contributed by atoms with Gasteiger partial charge in [0.1, 0.15) is 0 Å². The van der Waals surface area contributed by atoms with E-state index in [4.69, 9.17) is 20.0 Å². The smallest absolute Gasteiger partial charge is 0.340 e. The van der Waals surface area contributed by atoms with Gasteiger partial charge in [-0.05, 0) is 60.7 Å². The van der Waals surface area contributed by atoms with Crippen LogP contribution in [0.25, 0.3) is 0 Å². The van der Waals surface area contributed by atoms with Crippen molar-refractivity contribution in [2.75, 3.05) is 24.9 Å². The van der Waals surface area contributed by atoms with Gasteiger partial charge in [0.15, 0.2) is 0 Å². The molecule has 0 aliphatic heterocycles. The molecule has 0 bridgehead atoms. The maximum atomic E-state index is 12.5. The minimum absolute atomic E-state index is 0.181. The molecule has 2 N–H and O–H groups in total. The van der Waals surface area contributed by atoms with E-state index >= 15 is 0 Å². The Morgan fingerprint density at radius 1 is 0.688 bits per heavy atom. The third kappa shape index (κ3) is 4.84. The molecule has 158 valence electrons. The molecule has 0 atom stereocenters. The Morgan fingerprint density at radius 2 is 1.03 bits per heavy atom. The molecule has 8 nitrogen and oxygen atoms in total. The second-order valence-corrected chi connectivity index (χ2v) is 6.55. The molecule has 3 rings (SSSR count). The van der Waals surface area contributed by atoms with Crippen molar-refractivity contribution in [1.82, 2.24) is 0 Å². The van der Waals surface area contributed by atoms with E-state index in [0.29, 0.717) is 33.9 Å². The van der Waals surface area contributed by atoms with Crippen molar-refractivity contribution in [1.29, 1.82) is 10.5 Å². The van der Waals surface area contributed by atoms with Crippen LogP contribution in [0.15, 0.2) is 60.7 Å². The van der Waals surface area contributed by atoms with Crippen LogP contribution in [0.2, 0.25) is 0 Å². The van der Waals surface area contributed by atoms with E-state index in [2.05, 4.69) is 10.6 Å². The summed E-state index contributed by atoms with van der Waals surface area (Å²) in [6.07, 6.45) is 0. The van der Waals surface area contributed by atoms with Crippen LogP contribution in [-0.2, 0) is 9.47 Å². The molecule has 0 fully saturated rings. The quantitative estimate of drug-likeness (QED) is 0.553. The normalized spacial score (nSPS) is 9.75. The lowest BCUT2D eigenvalue weighted by molar-refractivity contribution is 0.0588. The Morgan fingerprint density at radius 3 is 1.31 bits per heavy atom. The molecule has 8 heteroatoms. The summed E-state index contributed by atoms with van der Waals surface area (Å²) in [5.74, 6) is -1.22. The molecular weight excluding hydrogens is 408 g/mol. The van der Waals surface area contributed by atoms with Crippen molar-refractivity contribution in [3.8, 4) is 12.1 Å². The maximum absolute atomic E-state index is 12.5. The summed E-state index contributed by atoms with van der Waals surface area (Å²) in [4.78, 5) is 25.0. The Kier molecular flexibility index (Phi) is 6.69. The van der Waals surface area contributed by atoms with Crippen LogP contribution < -0.4 is 10.6 Å². The van der Waals surface area contributed by atoms with Crippen LogP contribution in [0.5, 0.6) is 0 Å². The summed E-state index contributed by atoms with van der Waals surface area (Å²) < 4.78 is 9.82. The Hall–Kier alpha value is -4.82. The minimum Gasteiger partial charge on any atom is -0.465 e. The number of nitrogens with one attached hydrogen (secondary N) is 2. The third-order valence-electron chi connectivity index (χ3n) is 4.55. The molecule has 0 aliphatic rings. The first-order valence-electron chi connectivity index (χ1n) is 9.38. The van der Waals surface area contributed by atoms with E-state index in [-0.39, 0.29) is 11.1 Å². The molecule has 0 heterocycles. The molecule has 0 radical (unpaired) electrons. The first-order chi connectivity index (χ1) is 15.5. The highest BCUT2D eigenvalue weighted by Crippen LogP contribution is 2.31. The van der Waals surface area contributed by atoms with Crippen LogP contribution >= 0.6 is 0 Å². The van der Waals surface area contributed by atoms with Crippen LogP contribution in [0, 0.1) is 22.7 Å². The van der Waals surface area contributed by atoms with Gasteiger partial charge in [-0.25, -0.2) is 9.59 Å². The molecule has 0 amide bonds. The summed E-state index contributed by atoms with van der Waals surface area (Å²) in [6.45, 7) is 0. The van der Waals surface area contributed by atoms with Gasteiger partial charge >= 0.3 is 11.9 Å².